The number of hydrogen-bond acceptors (Lipinski definition) is 5. The quantitative estimate of drug-likeness (QED) is 0.573. The molecule has 1 aromatic rings. The van der Waals surface area contributed by atoms with Gasteiger partial charge in [0.2, 0.25) is 11.8 Å². The number of rotatable bonds is 4. The molecule has 0 aromatic carbocycles. The molecule has 0 bridgehead atoms. The molecular formula is C11H13NO4. The molecule has 0 unspecified atom stereocenters. The van der Waals surface area contributed by atoms with Crippen LogP contribution in [0.25, 0.3) is 0 Å². The fraction of sp³-hybridized carbons (Fsp3) is 0.273. The number of carbonyl (C=O) groups is 1. The second-order valence-electron chi connectivity index (χ2n) is 3.06. The van der Waals surface area contributed by atoms with E-state index in [2.05, 4.69) is 11.6 Å². The van der Waals surface area contributed by atoms with E-state index in [0.717, 1.165) is 0 Å². The predicted molar refractivity (Wildman–Crippen MR) is 57.8 cm³/mol. The minimum Gasteiger partial charge on any atom is -0.481 e. The number of esters is 1. The number of aromatic nitrogens is 1. The lowest BCUT2D eigenvalue weighted by Crippen LogP contribution is -2.08. The summed E-state index contributed by atoms with van der Waals surface area (Å²) in [6, 6.07) is 2.98. The predicted octanol–water partition coefficient (Wildman–Crippen LogP) is 1.58. The number of pyridine rings is 1. The van der Waals surface area contributed by atoms with Gasteiger partial charge in [0.15, 0.2) is 0 Å². The lowest BCUT2D eigenvalue weighted by Gasteiger charge is -2.07. The molecule has 5 nitrogen and oxygen atoms in total. The first-order valence-corrected chi connectivity index (χ1v) is 4.54. The highest BCUT2D eigenvalue weighted by molar-refractivity contribution is 5.88. The van der Waals surface area contributed by atoms with Crippen molar-refractivity contribution in [2.24, 2.45) is 0 Å². The molecule has 0 N–H and O–H groups in total. The largest absolute Gasteiger partial charge is 0.481 e. The fourth-order valence-electron chi connectivity index (χ4n) is 0.920. The maximum absolute atomic E-state index is 11.3. The zero-order valence-corrected chi connectivity index (χ0v) is 9.44. The zero-order valence-electron chi connectivity index (χ0n) is 9.44. The Hall–Kier alpha value is -2.04. The molecule has 86 valence electrons. The molecule has 0 aliphatic carbocycles. The van der Waals surface area contributed by atoms with Gasteiger partial charge in [-0.25, -0.2) is 4.79 Å². The minimum absolute atomic E-state index is 0.303. The monoisotopic (exact) mass is 223 g/mol. The molecule has 1 aromatic heterocycles. The maximum atomic E-state index is 11.3. The minimum atomic E-state index is -0.504. The van der Waals surface area contributed by atoms with Crippen molar-refractivity contribution in [2.45, 2.75) is 6.92 Å². The van der Waals surface area contributed by atoms with Crippen LogP contribution in [-0.4, -0.2) is 25.2 Å². The Labute approximate surface area is 93.7 Å². The molecule has 5 heteroatoms. The van der Waals surface area contributed by atoms with Gasteiger partial charge in [-0.3, -0.25) is 0 Å². The van der Waals surface area contributed by atoms with Crippen LogP contribution in [0.3, 0.4) is 0 Å². The highest BCUT2D eigenvalue weighted by atomic mass is 16.5. The van der Waals surface area contributed by atoms with Gasteiger partial charge in [0.05, 0.1) is 14.2 Å². The van der Waals surface area contributed by atoms with Gasteiger partial charge in [-0.2, -0.15) is 4.98 Å². The summed E-state index contributed by atoms with van der Waals surface area (Å²) in [6.45, 7) is 5.05. The average Bonchev–Trinajstić information content (AvgIpc) is 2.28. The number of methoxy groups -OCH3 is 2. The second kappa shape index (κ2) is 5.16. The van der Waals surface area contributed by atoms with Gasteiger partial charge in [-0.05, 0) is 6.92 Å². The van der Waals surface area contributed by atoms with Gasteiger partial charge < -0.3 is 14.2 Å². The molecule has 0 radical (unpaired) electrons. The van der Waals surface area contributed by atoms with Crippen LogP contribution in [-0.2, 0) is 4.79 Å². The van der Waals surface area contributed by atoms with E-state index in [0.29, 0.717) is 23.1 Å². The third-order valence-corrected chi connectivity index (χ3v) is 1.73. The molecule has 0 atom stereocenters. The molecule has 0 fully saturated rings. The summed E-state index contributed by atoms with van der Waals surface area (Å²) < 4.78 is 14.9. The number of carbonyl (C=O) groups excluding carboxylic acids is 1. The van der Waals surface area contributed by atoms with E-state index in [1.807, 2.05) is 0 Å². The summed E-state index contributed by atoms with van der Waals surface area (Å²) in [5, 5.41) is 0. The van der Waals surface area contributed by atoms with E-state index < -0.39 is 5.97 Å². The van der Waals surface area contributed by atoms with Gasteiger partial charge in [-0.1, -0.05) is 6.58 Å². The lowest BCUT2D eigenvalue weighted by atomic mass is 10.3. The van der Waals surface area contributed by atoms with E-state index in [1.165, 1.54) is 26.4 Å². The molecule has 0 aliphatic heterocycles. The highest BCUT2D eigenvalue weighted by Crippen LogP contribution is 2.23. The Morgan fingerprint density at radius 1 is 1.25 bits per heavy atom. The van der Waals surface area contributed by atoms with E-state index in [4.69, 9.17) is 14.2 Å². The number of hydrogen-bond donors (Lipinski definition) is 0. The summed E-state index contributed by atoms with van der Waals surface area (Å²) in [4.78, 5) is 15.3. The summed E-state index contributed by atoms with van der Waals surface area (Å²) >= 11 is 0. The lowest BCUT2D eigenvalue weighted by molar-refractivity contribution is -0.130. The van der Waals surface area contributed by atoms with E-state index in [9.17, 15) is 4.79 Å². The Morgan fingerprint density at radius 3 is 2.12 bits per heavy atom. The normalized spacial score (nSPS) is 9.44. The SMILES string of the molecule is C=C(C)C(=O)Oc1cc(OC)nc(OC)c1. The Kier molecular flexibility index (Phi) is 3.88. The summed E-state index contributed by atoms with van der Waals surface area (Å²) in [5.41, 5.74) is 0.315. The molecule has 1 heterocycles. The van der Waals surface area contributed by atoms with Crippen LogP contribution in [0.2, 0.25) is 0 Å². The first-order chi connectivity index (χ1) is 7.56. The van der Waals surface area contributed by atoms with Crippen molar-refractivity contribution < 1.29 is 19.0 Å². The van der Waals surface area contributed by atoms with Gasteiger partial charge in [0.1, 0.15) is 5.75 Å². The van der Waals surface area contributed by atoms with Crippen molar-refractivity contribution in [1.82, 2.24) is 4.98 Å². The topological polar surface area (TPSA) is 57.7 Å². The van der Waals surface area contributed by atoms with Gasteiger partial charge in [0, 0.05) is 17.7 Å². The van der Waals surface area contributed by atoms with E-state index in [-0.39, 0.29) is 0 Å². The highest BCUT2D eigenvalue weighted by Gasteiger charge is 2.09. The Balaban J connectivity index is 2.95. The molecule has 16 heavy (non-hydrogen) atoms. The molecule has 1 rings (SSSR count). The summed E-state index contributed by atoms with van der Waals surface area (Å²) in [5.74, 6) is 0.416. The van der Waals surface area contributed by atoms with Crippen molar-refractivity contribution in [3.63, 3.8) is 0 Å². The molecule has 0 spiro atoms. The first-order valence-electron chi connectivity index (χ1n) is 4.54. The van der Waals surface area contributed by atoms with Crippen molar-refractivity contribution >= 4 is 5.97 Å². The summed E-state index contributed by atoms with van der Waals surface area (Å²) in [7, 11) is 2.93. The van der Waals surface area contributed by atoms with Crippen molar-refractivity contribution in [3.8, 4) is 17.5 Å². The average molecular weight is 223 g/mol. The Morgan fingerprint density at radius 2 is 1.75 bits per heavy atom. The molecule has 0 amide bonds. The van der Waals surface area contributed by atoms with Crippen LogP contribution in [0.5, 0.6) is 17.5 Å². The zero-order chi connectivity index (χ0) is 12.1. The first kappa shape index (κ1) is 12.0. The summed E-state index contributed by atoms with van der Waals surface area (Å²) in [6.07, 6.45) is 0. The van der Waals surface area contributed by atoms with E-state index >= 15 is 0 Å². The molecular weight excluding hydrogens is 210 g/mol. The van der Waals surface area contributed by atoms with Crippen molar-refractivity contribution in [1.29, 1.82) is 0 Å². The standard InChI is InChI=1S/C11H13NO4/c1-7(2)11(13)16-8-5-9(14-3)12-10(6-8)15-4/h5-6H,1H2,2-4H3. The van der Waals surface area contributed by atoms with Crippen LogP contribution < -0.4 is 14.2 Å². The van der Waals surface area contributed by atoms with Crippen LogP contribution in [0, 0.1) is 0 Å². The maximum Gasteiger partial charge on any atom is 0.338 e. The third-order valence-electron chi connectivity index (χ3n) is 1.73. The van der Waals surface area contributed by atoms with E-state index in [1.54, 1.807) is 6.92 Å². The Bertz CT molecular complexity index is 392. The van der Waals surface area contributed by atoms with Gasteiger partial charge in [-0.15, -0.1) is 0 Å². The second-order valence-corrected chi connectivity index (χ2v) is 3.06. The van der Waals surface area contributed by atoms with Crippen LogP contribution >= 0.6 is 0 Å². The van der Waals surface area contributed by atoms with Gasteiger partial charge in [0.25, 0.3) is 0 Å². The molecule has 0 saturated heterocycles. The molecule has 0 saturated carbocycles. The van der Waals surface area contributed by atoms with Crippen LogP contribution in [0.4, 0.5) is 0 Å². The number of nitrogens with zero attached hydrogens (tertiary/aromatic N) is 1. The van der Waals surface area contributed by atoms with Crippen molar-refractivity contribution in [2.75, 3.05) is 14.2 Å². The number of ether oxygens (including phenoxy) is 3. The van der Waals surface area contributed by atoms with Crippen LogP contribution in [0.15, 0.2) is 24.3 Å². The fourth-order valence-corrected chi connectivity index (χ4v) is 0.920. The van der Waals surface area contributed by atoms with Crippen LogP contribution in [0.1, 0.15) is 6.92 Å². The van der Waals surface area contributed by atoms with Crippen molar-refractivity contribution in [3.05, 3.63) is 24.3 Å². The smallest absolute Gasteiger partial charge is 0.338 e. The molecule has 0 aliphatic rings. The third kappa shape index (κ3) is 2.98. The van der Waals surface area contributed by atoms with Gasteiger partial charge >= 0.3 is 5.97 Å².